The fourth-order valence-electron chi connectivity index (χ4n) is 4.29. The number of rotatable bonds is 5. The van der Waals surface area contributed by atoms with Crippen molar-refractivity contribution in [3.05, 3.63) is 47.3 Å². The molecule has 2 aliphatic rings. The zero-order chi connectivity index (χ0) is 19.0. The molecule has 2 aliphatic heterocycles. The van der Waals surface area contributed by atoms with Crippen LogP contribution < -0.4 is 0 Å². The molecule has 4 heterocycles. The number of furan rings is 2. The SMILES string of the molecule is Cc1cc(C(=O)N2CC3(CC[C@H](CN(C)Cc4ccco4)CO3)C2)c(C)o1. The Morgan fingerprint density at radius 3 is 2.78 bits per heavy atom. The van der Waals surface area contributed by atoms with Gasteiger partial charge in [0.2, 0.25) is 0 Å². The van der Waals surface area contributed by atoms with E-state index in [1.54, 1.807) is 6.26 Å². The van der Waals surface area contributed by atoms with Gasteiger partial charge in [-0.25, -0.2) is 0 Å². The molecule has 0 bridgehead atoms. The van der Waals surface area contributed by atoms with Crippen LogP contribution in [0.3, 0.4) is 0 Å². The summed E-state index contributed by atoms with van der Waals surface area (Å²) < 4.78 is 17.1. The molecule has 0 unspecified atom stereocenters. The topological polar surface area (TPSA) is 59.1 Å². The van der Waals surface area contributed by atoms with Crippen LogP contribution in [0.15, 0.2) is 33.3 Å². The molecule has 0 aliphatic carbocycles. The van der Waals surface area contributed by atoms with Gasteiger partial charge >= 0.3 is 0 Å². The Hall–Kier alpha value is -2.05. The zero-order valence-corrected chi connectivity index (χ0v) is 16.4. The molecule has 1 atom stereocenters. The van der Waals surface area contributed by atoms with E-state index in [0.29, 0.717) is 30.3 Å². The number of hydrogen-bond donors (Lipinski definition) is 0. The average Bonchev–Trinajstić information content (AvgIpc) is 3.22. The van der Waals surface area contributed by atoms with E-state index in [0.717, 1.165) is 44.1 Å². The van der Waals surface area contributed by atoms with Gasteiger partial charge in [0.25, 0.3) is 5.91 Å². The second-order valence-corrected chi connectivity index (χ2v) is 8.16. The molecule has 0 radical (unpaired) electrons. The Morgan fingerprint density at radius 1 is 1.37 bits per heavy atom. The molecule has 4 rings (SSSR count). The molecule has 2 aromatic heterocycles. The lowest BCUT2D eigenvalue weighted by molar-refractivity contribution is -0.168. The summed E-state index contributed by atoms with van der Waals surface area (Å²) in [5.41, 5.74) is 0.536. The van der Waals surface area contributed by atoms with Crippen molar-refractivity contribution in [2.75, 3.05) is 33.3 Å². The summed E-state index contributed by atoms with van der Waals surface area (Å²) in [6.45, 7) is 7.65. The molecular weight excluding hydrogens is 344 g/mol. The van der Waals surface area contributed by atoms with Gasteiger partial charge in [0, 0.05) is 6.54 Å². The first kappa shape index (κ1) is 18.3. The quantitative estimate of drug-likeness (QED) is 0.806. The van der Waals surface area contributed by atoms with Gasteiger partial charge in [-0.15, -0.1) is 0 Å². The third kappa shape index (κ3) is 3.82. The van der Waals surface area contributed by atoms with E-state index in [4.69, 9.17) is 13.6 Å². The summed E-state index contributed by atoms with van der Waals surface area (Å²) in [6, 6.07) is 5.76. The minimum Gasteiger partial charge on any atom is -0.468 e. The van der Waals surface area contributed by atoms with Gasteiger partial charge in [-0.3, -0.25) is 9.69 Å². The van der Waals surface area contributed by atoms with Gasteiger partial charge < -0.3 is 18.5 Å². The summed E-state index contributed by atoms with van der Waals surface area (Å²) in [7, 11) is 2.12. The van der Waals surface area contributed by atoms with Crippen LogP contribution in [0.4, 0.5) is 0 Å². The zero-order valence-electron chi connectivity index (χ0n) is 16.4. The lowest BCUT2D eigenvalue weighted by atomic mass is 9.82. The Morgan fingerprint density at radius 2 is 2.19 bits per heavy atom. The highest BCUT2D eigenvalue weighted by atomic mass is 16.5. The van der Waals surface area contributed by atoms with Crippen LogP contribution in [0, 0.1) is 19.8 Å². The standard InChI is InChI=1S/C21H28N2O4/c1-15-9-19(16(2)27-15)20(24)23-13-21(14-23)7-6-17(12-26-21)10-22(3)11-18-5-4-8-25-18/h4-5,8-9,17H,6-7,10-14H2,1-3H3/t17-/m1/s1. The summed E-state index contributed by atoms with van der Waals surface area (Å²) in [6.07, 6.45) is 3.86. The van der Waals surface area contributed by atoms with Crippen LogP contribution in [-0.4, -0.2) is 54.6 Å². The van der Waals surface area contributed by atoms with Gasteiger partial charge in [-0.2, -0.15) is 0 Å². The minimum absolute atomic E-state index is 0.0545. The summed E-state index contributed by atoms with van der Waals surface area (Å²) in [5.74, 6) is 3.05. The van der Waals surface area contributed by atoms with Crippen LogP contribution in [0.25, 0.3) is 0 Å². The summed E-state index contributed by atoms with van der Waals surface area (Å²) >= 11 is 0. The summed E-state index contributed by atoms with van der Waals surface area (Å²) in [4.78, 5) is 16.8. The smallest absolute Gasteiger partial charge is 0.257 e. The number of hydrogen-bond acceptors (Lipinski definition) is 5. The molecule has 2 fully saturated rings. The van der Waals surface area contributed by atoms with Gasteiger partial charge in [0.1, 0.15) is 22.9 Å². The van der Waals surface area contributed by atoms with Crippen molar-refractivity contribution < 1.29 is 18.4 Å². The summed E-state index contributed by atoms with van der Waals surface area (Å²) in [5, 5.41) is 0. The highest BCUT2D eigenvalue weighted by Gasteiger charge is 2.48. The second kappa shape index (κ2) is 7.17. The number of likely N-dealkylation sites (tertiary alicyclic amines) is 1. The van der Waals surface area contributed by atoms with Crippen molar-refractivity contribution in [3.63, 3.8) is 0 Å². The first-order valence-corrected chi connectivity index (χ1v) is 9.65. The number of aryl methyl sites for hydroxylation is 2. The molecule has 0 saturated carbocycles. The lowest BCUT2D eigenvalue weighted by Gasteiger charge is -2.52. The number of amides is 1. The maximum Gasteiger partial charge on any atom is 0.257 e. The van der Waals surface area contributed by atoms with Crippen molar-refractivity contribution in [1.29, 1.82) is 0 Å². The van der Waals surface area contributed by atoms with E-state index < -0.39 is 0 Å². The fraction of sp³-hybridized carbons (Fsp3) is 0.571. The van der Waals surface area contributed by atoms with Gasteiger partial charge in [-0.05, 0) is 57.9 Å². The molecule has 146 valence electrons. The van der Waals surface area contributed by atoms with Crippen molar-refractivity contribution >= 4 is 5.91 Å². The van der Waals surface area contributed by atoms with E-state index in [2.05, 4.69) is 11.9 Å². The molecule has 1 spiro atoms. The minimum atomic E-state index is -0.140. The van der Waals surface area contributed by atoms with Crippen molar-refractivity contribution in [2.24, 2.45) is 5.92 Å². The molecule has 0 aromatic carbocycles. The highest BCUT2D eigenvalue weighted by molar-refractivity contribution is 5.96. The number of nitrogens with zero attached hydrogens (tertiary/aromatic N) is 2. The maximum atomic E-state index is 12.6. The molecule has 1 amide bonds. The first-order chi connectivity index (χ1) is 12.9. The predicted molar refractivity (Wildman–Crippen MR) is 101 cm³/mol. The van der Waals surface area contributed by atoms with Crippen LogP contribution >= 0.6 is 0 Å². The van der Waals surface area contributed by atoms with Gasteiger partial charge in [0.05, 0.1) is 38.1 Å². The Bertz CT molecular complexity index is 779. The molecule has 2 saturated heterocycles. The number of carbonyl (C=O) groups is 1. The Balaban J connectivity index is 1.24. The van der Waals surface area contributed by atoms with Crippen molar-refractivity contribution in [1.82, 2.24) is 9.80 Å². The van der Waals surface area contributed by atoms with Crippen LogP contribution in [0.5, 0.6) is 0 Å². The Kier molecular flexibility index (Phi) is 4.86. The first-order valence-electron chi connectivity index (χ1n) is 9.65. The number of ether oxygens (including phenoxy) is 1. The molecule has 0 N–H and O–H groups in total. The second-order valence-electron chi connectivity index (χ2n) is 8.16. The van der Waals surface area contributed by atoms with Gasteiger partial charge in [-0.1, -0.05) is 0 Å². The monoisotopic (exact) mass is 372 g/mol. The van der Waals surface area contributed by atoms with Crippen LogP contribution in [-0.2, 0) is 11.3 Å². The molecule has 6 nitrogen and oxygen atoms in total. The highest BCUT2D eigenvalue weighted by Crippen LogP contribution is 2.37. The van der Waals surface area contributed by atoms with E-state index >= 15 is 0 Å². The predicted octanol–water partition coefficient (Wildman–Crippen LogP) is 3.24. The van der Waals surface area contributed by atoms with Gasteiger partial charge in [0.15, 0.2) is 0 Å². The average molecular weight is 372 g/mol. The third-order valence-corrected chi connectivity index (χ3v) is 5.73. The van der Waals surface area contributed by atoms with E-state index in [-0.39, 0.29) is 11.5 Å². The molecular formula is C21H28N2O4. The lowest BCUT2D eigenvalue weighted by Crippen LogP contribution is -2.66. The van der Waals surface area contributed by atoms with E-state index in [1.807, 2.05) is 36.9 Å². The van der Waals surface area contributed by atoms with E-state index in [9.17, 15) is 4.79 Å². The van der Waals surface area contributed by atoms with Crippen LogP contribution in [0.1, 0.15) is 40.5 Å². The normalized spacial score (nSPS) is 21.6. The third-order valence-electron chi connectivity index (χ3n) is 5.73. The largest absolute Gasteiger partial charge is 0.468 e. The molecule has 27 heavy (non-hydrogen) atoms. The number of carbonyl (C=O) groups excluding carboxylic acids is 1. The van der Waals surface area contributed by atoms with Crippen LogP contribution in [0.2, 0.25) is 0 Å². The fourth-order valence-corrected chi connectivity index (χ4v) is 4.29. The maximum absolute atomic E-state index is 12.6. The van der Waals surface area contributed by atoms with Crippen molar-refractivity contribution in [2.45, 2.75) is 38.8 Å². The van der Waals surface area contributed by atoms with E-state index in [1.165, 1.54) is 0 Å². The van der Waals surface area contributed by atoms with Crippen molar-refractivity contribution in [3.8, 4) is 0 Å². The Labute approximate surface area is 160 Å². The molecule has 2 aromatic rings. The molecule has 6 heteroatoms.